The Kier molecular flexibility index (Phi) is 7.66. The molecule has 0 amide bonds. The summed E-state index contributed by atoms with van der Waals surface area (Å²) in [6.45, 7) is 0. The van der Waals surface area contributed by atoms with Crippen molar-refractivity contribution in [1.29, 1.82) is 0 Å². The highest BCUT2D eigenvalue weighted by Crippen LogP contribution is 2.49. The number of fused-ring (bicyclic) bond motifs is 2. The molecule has 0 fully saturated rings. The first-order valence-corrected chi connectivity index (χ1v) is 16.9. The molecule has 16 heteroatoms. The molecule has 6 N–H and O–H groups in total. The average molecular weight is 695 g/mol. The molecule has 0 bridgehead atoms. The van der Waals surface area contributed by atoms with Crippen LogP contribution < -0.4 is 11.7 Å². The molecule has 2 aliphatic carbocycles. The van der Waals surface area contributed by atoms with Crippen LogP contribution in [0.4, 0.5) is 8.78 Å². The fourth-order valence-corrected chi connectivity index (χ4v) is 9.11. The number of nitrogens with two attached hydrogens (primary N) is 2. The average Bonchev–Trinajstić information content (AvgIpc) is 3.05. The first-order chi connectivity index (χ1) is 22.6. The molecule has 48 heavy (non-hydrogen) atoms. The molecule has 6 rings (SSSR count). The van der Waals surface area contributed by atoms with E-state index in [2.05, 4.69) is 10.2 Å². The summed E-state index contributed by atoms with van der Waals surface area (Å²) in [6, 6.07) is 17.2. The summed E-state index contributed by atoms with van der Waals surface area (Å²) in [7, 11) is -10.4. The number of hydrazone groups is 2. The minimum Gasteiger partial charge on any atom is -0.323 e. The van der Waals surface area contributed by atoms with Gasteiger partial charge in [-0.3, -0.25) is 18.7 Å². The van der Waals surface area contributed by atoms with Gasteiger partial charge in [0, 0.05) is 35.1 Å². The molecule has 0 aliphatic heterocycles. The van der Waals surface area contributed by atoms with E-state index >= 15 is 8.78 Å². The van der Waals surface area contributed by atoms with Gasteiger partial charge in [-0.25, -0.2) is 8.78 Å². The molecule has 0 spiro atoms. The van der Waals surface area contributed by atoms with E-state index in [4.69, 9.17) is 11.7 Å². The number of carbonyl (C=O) groups excluding carboxylic acids is 2. The number of benzene rings is 4. The third-order valence-electron chi connectivity index (χ3n) is 8.90. The first-order valence-electron chi connectivity index (χ1n) is 14.0. The predicted molar refractivity (Wildman–Crippen MR) is 170 cm³/mol. The SMILES string of the molecule is N/N=C1/CC(c2ccc(-c3ccc(C4(S(=O)(=O)O)C/C(=N\N)C(=O)c5ccccc54)c(F)c3)cc2F)(S(=O)(=O)O)c2ccccc2C1=O. The Morgan fingerprint density at radius 3 is 1.25 bits per heavy atom. The van der Waals surface area contributed by atoms with Gasteiger partial charge in [-0.05, 0) is 34.4 Å². The van der Waals surface area contributed by atoms with Crippen molar-refractivity contribution in [2.24, 2.45) is 21.9 Å². The highest BCUT2D eigenvalue weighted by molar-refractivity contribution is 7.87. The minimum absolute atomic E-state index is 0.00408. The van der Waals surface area contributed by atoms with Crippen molar-refractivity contribution < 1.29 is 44.3 Å². The van der Waals surface area contributed by atoms with Crippen molar-refractivity contribution in [2.45, 2.75) is 22.3 Å². The zero-order valence-corrected chi connectivity index (χ0v) is 26.1. The lowest BCUT2D eigenvalue weighted by Gasteiger charge is -2.37. The van der Waals surface area contributed by atoms with Crippen molar-refractivity contribution in [2.75, 3.05) is 0 Å². The van der Waals surface area contributed by atoms with E-state index < -0.39 is 88.3 Å². The number of carbonyl (C=O) groups is 2. The van der Waals surface area contributed by atoms with E-state index in [-0.39, 0.29) is 33.4 Å². The molecule has 0 saturated carbocycles. The smallest absolute Gasteiger partial charge is 0.279 e. The zero-order chi connectivity index (χ0) is 34.8. The van der Waals surface area contributed by atoms with E-state index in [0.29, 0.717) is 0 Å². The molecule has 4 aromatic carbocycles. The number of hydrogen-bond acceptors (Lipinski definition) is 10. The van der Waals surface area contributed by atoms with Gasteiger partial charge in [-0.15, -0.1) is 0 Å². The van der Waals surface area contributed by atoms with Gasteiger partial charge in [-0.2, -0.15) is 27.0 Å². The Balaban J connectivity index is 1.51. The maximum absolute atomic E-state index is 16.1. The quantitative estimate of drug-likeness (QED) is 0.135. The maximum atomic E-state index is 16.1. The Morgan fingerprint density at radius 2 is 0.938 bits per heavy atom. The van der Waals surface area contributed by atoms with E-state index in [0.717, 1.165) is 24.3 Å². The fraction of sp³-hybridized carbons (Fsp3) is 0.125. The van der Waals surface area contributed by atoms with Gasteiger partial charge in [0.1, 0.15) is 23.1 Å². The number of Topliss-reactive ketones (excluding diaryl/α,β-unsaturated/α-hetero) is 2. The summed E-state index contributed by atoms with van der Waals surface area (Å²) in [5, 5.41) is 6.80. The number of nitrogens with zero attached hydrogens (tertiary/aromatic N) is 2. The Labute approximate surface area is 272 Å². The molecular formula is C32H24F2N4O8S2. The van der Waals surface area contributed by atoms with Gasteiger partial charge in [0.25, 0.3) is 20.2 Å². The lowest BCUT2D eigenvalue weighted by Crippen LogP contribution is -2.46. The van der Waals surface area contributed by atoms with Crippen LogP contribution in [-0.4, -0.2) is 48.9 Å². The standard InChI is InChI=1S/C32H24F2N4O8S2/c33-25-13-17(9-11-23(25)31(47(41,42)43)15-27(37-35)29(39)19-5-1-3-7-21(19)31)18-10-12-24(26(34)14-18)32(48(44,45)46)16-28(38-36)30(40)20-6-2-4-8-22(20)32/h1-14H,15-16,35-36H2,(H,41,42,43)(H,44,45,46)/b37-27-,38-28+. The minimum atomic E-state index is -5.21. The van der Waals surface area contributed by atoms with Gasteiger partial charge in [0.15, 0.2) is 9.49 Å². The van der Waals surface area contributed by atoms with Gasteiger partial charge < -0.3 is 11.7 Å². The van der Waals surface area contributed by atoms with Crippen LogP contribution in [0.2, 0.25) is 0 Å². The molecule has 2 unspecified atom stereocenters. The second-order valence-electron chi connectivity index (χ2n) is 11.2. The van der Waals surface area contributed by atoms with E-state index in [1.165, 1.54) is 60.7 Å². The van der Waals surface area contributed by atoms with E-state index in [9.17, 15) is 35.5 Å². The van der Waals surface area contributed by atoms with Crippen molar-refractivity contribution in [3.05, 3.63) is 130 Å². The van der Waals surface area contributed by atoms with Crippen LogP contribution in [0.3, 0.4) is 0 Å². The summed E-state index contributed by atoms with van der Waals surface area (Å²) in [5.41, 5.74) is -2.65. The molecule has 4 aromatic rings. The highest BCUT2D eigenvalue weighted by atomic mass is 32.2. The number of halogens is 2. The molecule has 12 nitrogen and oxygen atoms in total. The van der Waals surface area contributed by atoms with Crippen LogP contribution in [-0.2, 0) is 29.7 Å². The lowest BCUT2D eigenvalue weighted by molar-refractivity contribution is 0.104. The Hall–Kier alpha value is -5.16. The second-order valence-corrected chi connectivity index (χ2v) is 14.5. The van der Waals surface area contributed by atoms with Crippen molar-refractivity contribution in [3.8, 4) is 11.1 Å². The third-order valence-corrected chi connectivity index (χ3v) is 11.8. The van der Waals surface area contributed by atoms with Crippen LogP contribution in [0.25, 0.3) is 11.1 Å². The lowest BCUT2D eigenvalue weighted by atomic mass is 9.75. The maximum Gasteiger partial charge on any atom is 0.279 e. The largest absolute Gasteiger partial charge is 0.323 e. The molecule has 246 valence electrons. The molecule has 0 aromatic heterocycles. The summed E-state index contributed by atoms with van der Waals surface area (Å²) < 4.78 is 101. The summed E-state index contributed by atoms with van der Waals surface area (Å²) in [5.74, 6) is 7.04. The number of ketones is 2. The van der Waals surface area contributed by atoms with Gasteiger partial charge >= 0.3 is 0 Å². The fourth-order valence-electron chi connectivity index (χ4n) is 6.67. The van der Waals surface area contributed by atoms with E-state index in [1.807, 2.05) is 0 Å². The Bertz CT molecular complexity index is 2200. The molecule has 2 atom stereocenters. The number of hydrogen-bond donors (Lipinski definition) is 4. The molecular weight excluding hydrogens is 671 g/mol. The molecule has 0 heterocycles. The van der Waals surface area contributed by atoms with Crippen LogP contribution in [0.5, 0.6) is 0 Å². The van der Waals surface area contributed by atoms with Crippen LogP contribution in [0.1, 0.15) is 55.8 Å². The van der Waals surface area contributed by atoms with Gasteiger partial charge in [-0.1, -0.05) is 72.8 Å². The van der Waals surface area contributed by atoms with Crippen LogP contribution in [0, 0.1) is 11.6 Å². The van der Waals surface area contributed by atoms with Crippen molar-refractivity contribution in [3.63, 3.8) is 0 Å². The third kappa shape index (κ3) is 4.59. The van der Waals surface area contributed by atoms with E-state index in [1.54, 1.807) is 0 Å². The number of rotatable bonds is 5. The normalized spacial score (nSPS) is 22.8. The van der Waals surface area contributed by atoms with Gasteiger partial charge in [0.05, 0.1) is 0 Å². The van der Waals surface area contributed by atoms with Crippen molar-refractivity contribution in [1.82, 2.24) is 0 Å². The van der Waals surface area contributed by atoms with Crippen LogP contribution >= 0.6 is 0 Å². The van der Waals surface area contributed by atoms with Crippen molar-refractivity contribution >= 4 is 43.2 Å². The molecule has 0 radical (unpaired) electrons. The highest BCUT2D eigenvalue weighted by Gasteiger charge is 2.56. The summed E-state index contributed by atoms with van der Waals surface area (Å²) in [4.78, 5) is 25.8. The Morgan fingerprint density at radius 1 is 0.583 bits per heavy atom. The first kappa shape index (κ1) is 32.8. The summed E-state index contributed by atoms with van der Waals surface area (Å²) >= 11 is 0. The topological polar surface area (TPSA) is 220 Å². The van der Waals surface area contributed by atoms with Gasteiger partial charge in [0.2, 0.25) is 11.6 Å². The zero-order valence-electron chi connectivity index (χ0n) is 24.5. The second kappa shape index (κ2) is 11.2. The monoisotopic (exact) mass is 694 g/mol. The summed E-state index contributed by atoms with van der Waals surface area (Å²) in [6.07, 6.45) is -1.57. The molecule has 0 saturated heterocycles. The predicted octanol–water partition coefficient (Wildman–Crippen LogP) is 3.70. The molecule has 2 aliphatic rings. The van der Waals surface area contributed by atoms with Crippen LogP contribution in [0.15, 0.2) is 95.1 Å².